The largest absolute Gasteiger partial charge is 0.430 e. The molecule has 3 aromatic carbocycles. The fraction of sp³-hybridized carbons (Fsp3) is 0.537. The Labute approximate surface area is 329 Å². The molecule has 3 unspecified atom stereocenters. The van der Waals surface area contributed by atoms with Crippen LogP contribution in [0.4, 0.5) is 44.3 Å². The Morgan fingerprint density at radius 1 is 0.696 bits per heavy atom. The zero-order valence-electron chi connectivity index (χ0n) is 33.7. The molecule has 5 nitrogen and oxygen atoms in total. The minimum atomic E-state index is -5.92. The van der Waals surface area contributed by atoms with Crippen LogP contribution in [0.15, 0.2) is 77.7 Å². The molecule has 0 N–H and O–H groups in total. The van der Waals surface area contributed by atoms with Gasteiger partial charge in [-0.15, -0.1) is 0 Å². The van der Waals surface area contributed by atoms with Gasteiger partial charge < -0.3 is 14.5 Å². The molecule has 15 heteroatoms. The quantitative estimate of drug-likeness (QED) is 0.233. The highest BCUT2D eigenvalue weighted by atomic mass is 32.2. The smallest absolute Gasteiger partial charge is 0.349 e. The van der Waals surface area contributed by atoms with Crippen molar-refractivity contribution in [1.82, 2.24) is 9.80 Å². The predicted octanol–water partition coefficient (Wildman–Crippen LogP) is 12.5. The first-order chi connectivity index (χ1) is 26.5. The van der Waals surface area contributed by atoms with Gasteiger partial charge in [0.05, 0.1) is 22.7 Å². The fourth-order valence-corrected chi connectivity index (χ4v) is 7.08. The lowest BCUT2D eigenvalue weighted by Crippen LogP contribution is -2.55. The lowest BCUT2D eigenvalue weighted by atomic mass is 9.91. The van der Waals surface area contributed by atoms with Gasteiger partial charge in [0.25, 0.3) is 5.60 Å². The first kappa shape index (κ1) is 52.4. The molecule has 0 aromatic heterocycles. The van der Waals surface area contributed by atoms with Crippen LogP contribution in [0.25, 0.3) is 0 Å². The van der Waals surface area contributed by atoms with E-state index in [1.54, 1.807) is 12.1 Å². The van der Waals surface area contributed by atoms with Gasteiger partial charge >= 0.3 is 18.4 Å². The van der Waals surface area contributed by atoms with Crippen molar-refractivity contribution >= 4 is 16.8 Å². The molecule has 0 spiro atoms. The third-order valence-corrected chi connectivity index (χ3v) is 9.89. The van der Waals surface area contributed by atoms with E-state index in [0.29, 0.717) is 48.2 Å². The molecule has 0 radical (unpaired) electrons. The van der Waals surface area contributed by atoms with Gasteiger partial charge in [0.15, 0.2) is 0 Å². The Balaban J connectivity index is 0.000000919. The molecule has 3 aromatic rings. The summed E-state index contributed by atoms with van der Waals surface area (Å²) in [7, 11) is -1.20. The van der Waals surface area contributed by atoms with Crippen LogP contribution in [-0.4, -0.2) is 63.8 Å². The van der Waals surface area contributed by atoms with E-state index < -0.39 is 58.1 Å². The second-order valence-electron chi connectivity index (χ2n) is 11.6. The number of rotatable bonds is 6. The number of piperidine rings is 1. The first-order valence-corrected chi connectivity index (χ1v) is 20.2. The van der Waals surface area contributed by atoms with E-state index in [1.807, 2.05) is 65.2 Å². The third kappa shape index (κ3) is 14.1. The Bertz CT molecular complexity index is 1520. The minimum Gasteiger partial charge on any atom is -0.349 e. The molecule has 2 aliphatic rings. The van der Waals surface area contributed by atoms with Crippen molar-refractivity contribution < 1.29 is 53.3 Å². The van der Waals surface area contributed by atoms with E-state index in [1.165, 1.54) is 24.6 Å². The maximum Gasteiger partial charge on any atom is 0.430 e. The number of alkyl halides is 6. The number of urea groups is 1. The molecule has 56 heavy (non-hydrogen) atoms. The number of benzene rings is 3. The van der Waals surface area contributed by atoms with Gasteiger partial charge in [-0.05, 0) is 61.6 Å². The van der Waals surface area contributed by atoms with Gasteiger partial charge in [0.1, 0.15) is 17.5 Å². The number of amides is 2. The van der Waals surface area contributed by atoms with E-state index in [9.17, 15) is 48.5 Å². The zero-order valence-corrected chi connectivity index (χ0v) is 34.5. The standard InChI is InChI=1S/C17H23FN2O2S.C16H10F8O.4C2H6/c1-13-3-2-9-19(11-13)17(21)20-10-8-16(12-20)23(22)15-6-4-14(18)5-7-15;17-12-7-4-8-13(18)11(12)9-25-14(15(19,20)21,16(22,23)24)10-5-2-1-3-6-10;4*1-2/h4-7,13,16H,2-3,8-12H2,1H3;1-8H,9H2;4*1-2H3. The summed E-state index contributed by atoms with van der Waals surface area (Å²) < 4.78 is 137. The number of nitrogens with zero attached hydrogens (tertiary/aromatic N) is 2. The van der Waals surface area contributed by atoms with E-state index in [2.05, 4.69) is 11.7 Å². The van der Waals surface area contributed by atoms with Gasteiger partial charge in [-0.25, -0.2) is 18.0 Å². The van der Waals surface area contributed by atoms with Crippen LogP contribution in [0, 0.1) is 23.4 Å². The maximum absolute atomic E-state index is 13.5. The van der Waals surface area contributed by atoms with E-state index in [-0.39, 0.29) is 17.1 Å². The van der Waals surface area contributed by atoms with E-state index in [0.717, 1.165) is 44.1 Å². The summed E-state index contributed by atoms with van der Waals surface area (Å²) in [5, 5.41) is -0.0633. The lowest BCUT2D eigenvalue weighted by Gasteiger charge is -2.37. The average molecular weight is 829 g/mol. The number of ether oxygens (including phenoxy) is 1. The average Bonchev–Trinajstić information content (AvgIpc) is 3.69. The highest BCUT2D eigenvalue weighted by Crippen LogP contribution is 2.53. The van der Waals surface area contributed by atoms with Crippen LogP contribution >= 0.6 is 0 Å². The molecule has 3 atom stereocenters. The number of carbonyl (C=O) groups excluding carboxylic acids is 1. The SMILES string of the molecule is CC.CC.CC.CC.CC1CCCN(C(=O)N2CCC(S(=O)c3ccc(F)cc3)C2)C1.Fc1cccc(F)c1COC(c1ccccc1)(C(F)(F)F)C(F)(F)F. The van der Waals surface area contributed by atoms with Crippen molar-refractivity contribution in [2.24, 2.45) is 5.92 Å². The minimum absolute atomic E-state index is 0.0633. The van der Waals surface area contributed by atoms with Gasteiger partial charge in [-0.3, -0.25) is 4.21 Å². The Morgan fingerprint density at radius 3 is 1.68 bits per heavy atom. The molecule has 2 amide bonds. The number of halogens is 9. The van der Waals surface area contributed by atoms with E-state index >= 15 is 0 Å². The molecule has 0 saturated carbocycles. The van der Waals surface area contributed by atoms with Crippen molar-refractivity contribution in [2.75, 3.05) is 26.2 Å². The molecular weight excluding hydrogens is 772 g/mol. The first-order valence-electron chi connectivity index (χ1n) is 19.0. The van der Waals surface area contributed by atoms with Gasteiger partial charge in [0, 0.05) is 42.2 Å². The van der Waals surface area contributed by atoms with Crippen LogP contribution in [0.1, 0.15) is 92.7 Å². The van der Waals surface area contributed by atoms with Crippen LogP contribution in [0.2, 0.25) is 0 Å². The number of carbonyl (C=O) groups is 1. The molecule has 2 aliphatic heterocycles. The second-order valence-corrected chi connectivity index (χ2v) is 13.3. The molecule has 2 fully saturated rings. The lowest BCUT2D eigenvalue weighted by molar-refractivity contribution is -0.392. The van der Waals surface area contributed by atoms with Crippen molar-refractivity contribution in [3.63, 3.8) is 0 Å². The number of hydrogen-bond acceptors (Lipinski definition) is 3. The summed E-state index contributed by atoms with van der Waals surface area (Å²) >= 11 is 0. The normalized spacial score (nSPS) is 17.1. The number of likely N-dealkylation sites (tertiary alicyclic amines) is 2. The highest BCUT2D eigenvalue weighted by Gasteiger charge is 2.73. The summed E-state index contributed by atoms with van der Waals surface area (Å²) in [6.45, 7) is 19.4. The Hall–Kier alpha value is -3.59. The molecule has 5 rings (SSSR count). The molecular formula is C41H57F9N2O3S. The maximum atomic E-state index is 13.5. The predicted molar refractivity (Wildman–Crippen MR) is 205 cm³/mol. The Kier molecular flexibility index (Phi) is 24.0. The number of hydrogen-bond donors (Lipinski definition) is 0. The molecule has 0 bridgehead atoms. The molecule has 0 aliphatic carbocycles. The zero-order chi connectivity index (χ0) is 43.3. The summed E-state index contributed by atoms with van der Waals surface area (Å²) in [6.07, 6.45) is -8.87. The molecule has 318 valence electrons. The van der Waals surface area contributed by atoms with Crippen molar-refractivity contribution in [2.45, 2.75) is 116 Å². The summed E-state index contributed by atoms with van der Waals surface area (Å²) in [6, 6.07) is 12.5. The summed E-state index contributed by atoms with van der Waals surface area (Å²) in [5.41, 5.74) is -7.00. The van der Waals surface area contributed by atoms with E-state index in [4.69, 9.17) is 0 Å². The van der Waals surface area contributed by atoms with Gasteiger partial charge in [-0.1, -0.05) is 98.7 Å². The summed E-state index contributed by atoms with van der Waals surface area (Å²) in [4.78, 5) is 17.0. The van der Waals surface area contributed by atoms with Gasteiger partial charge in [-0.2, -0.15) is 26.3 Å². The second kappa shape index (κ2) is 25.6. The van der Waals surface area contributed by atoms with Crippen LogP contribution < -0.4 is 0 Å². The van der Waals surface area contributed by atoms with Crippen molar-refractivity contribution in [3.8, 4) is 0 Å². The third-order valence-electron chi connectivity index (χ3n) is 8.17. The van der Waals surface area contributed by atoms with Crippen LogP contribution in [-0.2, 0) is 27.7 Å². The van der Waals surface area contributed by atoms with Crippen molar-refractivity contribution in [3.05, 3.63) is 101 Å². The monoisotopic (exact) mass is 828 g/mol. The topological polar surface area (TPSA) is 49.9 Å². The van der Waals surface area contributed by atoms with Gasteiger partial charge in [0.2, 0.25) is 0 Å². The Morgan fingerprint density at radius 2 is 1.20 bits per heavy atom. The fourth-order valence-electron chi connectivity index (χ4n) is 5.66. The van der Waals surface area contributed by atoms with Crippen molar-refractivity contribution in [1.29, 1.82) is 0 Å². The highest BCUT2D eigenvalue weighted by molar-refractivity contribution is 7.85. The van der Waals surface area contributed by atoms with Crippen LogP contribution in [0.5, 0.6) is 0 Å². The molecule has 2 heterocycles. The summed E-state index contributed by atoms with van der Waals surface area (Å²) in [5.74, 6) is -2.40. The molecule has 2 saturated heterocycles. The van der Waals surface area contributed by atoms with Crippen LogP contribution in [0.3, 0.4) is 0 Å².